The van der Waals surface area contributed by atoms with Crippen molar-refractivity contribution in [2.24, 2.45) is 5.92 Å². The fourth-order valence-corrected chi connectivity index (χ4v) is 4.44. The van der Waals surface area contributed by atoms with E-state index in [2.05, 4.69) is 39.4 Å². The van der Waals surface area contributed by atoms with Crippen molar-refractivity contribution in [2.75, 3.05) is 66.1 Å². The van der Waals surface area contributed by atoms with Crippen molar-refractivity contribution in [3.8, 4) is 5.75 Å². The van der Waals surface area contributed by atoms with Crippen molar-refractivity contribution < 1.29 is 9.47 Å². The third-order valence-electron chi connectivity index (χ3n) is 6.25. The summed E-state index contributed by atoms with van der Waals surface area (Å²) in [6.07, 6.45) is 7.85. The van der Waals surface area contributed by atoms with Crippen LogP contribution in [-0.4, -0.2) is 75.9 Å². The number of unbranched alkanes of at least 4 members (excludes halogenated alkanes) is 1. The van der Waals surface area contributed by atoms with E-state index in [-0.39, 0.29) is 0 Å². The lowest BCUT2D eigenvalue weighted by atomic mass is 10.1. The lowest BCUT2D eigenvalue weighted by Gasteiger charge is -2.26. The van der Waals surface area contributed by atoms with Gasteiger partial charge in [-0.25, -0.2) is 0 Å². The second kappa shape index (κ2) is 13.2. The molecule has 0 spiro atoms. The van der Waals surface area contributed by atoms with Crippen molar-refractivity contribution in [1.29, 1.82) is 0 Å². The largest absolute Gasteiger partial charge is 0.494 e. The standard InChI is InChI=1S/C24H41N3O2/c1-28-18-16-27-15-11-23(21-27)20-25-19-22-7-9-24(10-8-22)29-17-6-5-14-26-12-3-2-4-13-26/h7-10,23,25H,2-6,11-21H2,1H3. The van der Waals surface area contributed by atoms with Crippen molar-refractivity contribution in [3.63, 3.8) is 0 Å². The van der Waals surface area contributed by atoms with Crippen LogP contribution in [0.15, 0.2) is 24.3 Å². The molecule has 1 aromatic rings. The van der Waals surface area contributed by atoms with Crippen LogP contribution in [0.5, 0.6) is 5.75 Å². The zero-order valence-corrected chi connectivity index (χ0v) is 18.4. The summed E-state index contributed by atoms with van der Waals surface area (Å²) in [5.41, 5.74) is 1.33. The molecule has 0 aromatic heterocycles. The van der Waals surface area contributed by atoms with Crippen LogP contribution in [0.4, 0.5) is 0 Å². The number of rotatable bonds is 13. The normalized spacial score (nSPS) is 20.9. The van der Waals surface area contributed by atoms with Crippen molar-refractivity contribution in [2.45, 2.75) is 45.1 Å². The van der Waals surface area contributed by atoms with Gasteiger partial charge in [0.25, 0.3) is 0 Å². The summed E-state index contributed by atoms with van der Waals surface area (Å²) in [5.74, 6) is 1.76. The number of likely N-dealkylation sites (tertiary alicyclic amines) is 2. The Kier molecular flexibility index (Phi) is 10.3. The molecule has 1 atom stereocenters. The molecule has 0 saturated carbocycles. The summed E-state index contributed by atoms with van der Waals surface area (Å²) >= 11 is 0. The van der Waals surface area contributed by atoms with Gasteiger partial charge in [-0.3, -0.25) is 0 Å². The molecule has 2 aliphatic heterocycles. The fourth-order valence-electron chi connectivity index (χ4n) is 4.44. The summed E-state index contributed by atoms with van der Waals surface area (Å²) < 4.78 is 11.1. The molecule has 1 N–H and O–H groups in total. The molecule has 2 saturated heterocycles. The topological polar surface area (TPSA) is 37.0 Å². The highest BCUT2D eigenvalue weighted by Crippen LogP contribution is 2.16. The molecule has 1 aromatic carbocycles. The molecule has 2 heterocycles. The maximum Gasteiger partial charge on any atom is 0.119 e. The van der Waals surface area contributed by atoms with Crippen LogP contribution in [0.3, 0.4) is 0 Å². The van der Waals surface area contributed by atoms with Gasteiger partial charge in [0.15, 0.2) is 0 Å². The Morgan fingerprint density at radius 3 is 2.55 bits per heavy atom. The Hall–Kier alpha value is -1.14. The molecule has 2 fully saturated rings. The van der Waals surface area contributed by atoms with Gasteiger partial charge < -0.3 is 24.6 Å². The molecule has 1 unspecified atom stereocenters. The molecule has 0 bridgehead atoms. The minimum absolute atomic E-state index is 0.763. The van der Waals surface area contributed by atoms with Gasteiger partial charge >= 0.3 is 0 Å². The SMILES string of the molecule is COCCN1CCC(CNCc2ccc(OCCCCN3CCCCC3)cc2)C1. The average molecular weight is 404 g/mol. The number of nitrogens with one attached hydrogen (secondary N) is 1. The molecule has 0 radical (unpaired) electrons. The van der Waals surface area contributed by atoms with E-state index >= 15 is 0 Å². The Morgan fingerprint density at radius 1 is 0.931 bits per heavy atom. The van der Waals surface area contributed by atoms with E-state index in [1.54, 1.807) is 7.11 Å². The van der Waals surface area contributed by atoms with E-state index in [0.29, 0.717) is 0 Å². The van der Waals surface area contributed by atoms with Gasteiger partial charge in [-0.2, -0.15) is 0 Å². The molecule has 5 heteroatoms. The smallest absolute Gasteiger partial charge is 0.119 e. The second-order valence-corrected chi connectivity index (χ2v) is 8.68. The molecular weight excluding hydrogens is 362 g/mol. The summed E-state index contributed by atoms with van der Waals surface area (Å²) in [6, 6.07) is 8.61. The van der Waals surface area contributed by atoms with Crippen molar-refractivity contribution in [1.82, 2.24) is 15.1 Å². The number of benzene rings is 1. The number of hydrogen-bond donors (Lipinski definition) is 1. The third kappa shape index (κ3) is 8.63. The van der Waals surface area contributed by atoms with Gasteiger partial charge in [0.2, 0.25) is 0 Å². The first-order valence-corrected chi connectivity index (χ1v) is 11.7. The first kappa shape index (κ1) is 22.5. The van der Waals surface area contributed by atoms with E-state index in [1.807, 2.05) is 0 Å². The number of nitrogens with zero attached hydrogens (tertiary/aromatic N) is 2. The number of ether oxygens (including phenoxy) is 2. The van der Waals surface area contributed by atoms with E-state index in [9.17, 15) is 0 Å². The summed E-state index contributed by atoms with van der Waals surface area (Å²) in [7, 11) is 1.78. The lowest BCUT2D eigenvalue weighted by molar-refractivity contribution is 0.159. The number of piperidine rings is 1. The summed E-state index contributed by atoms with van der Waals surface area (Å²) in [4.78, 5) is 5.11. The van der Waals surface area contributed by atoms with E-state index < -0.39 is 0 Å². The fraction of sp³-hybridized carbons (Fsp3) is 0.750. The molecule has 2 aliphatic rings. The second-order valence-electron chi connectivity index (χ2n) is 8.68. The van der Waals surface area contributed by atoms with Gasteiger partial charge in [-0.05, 0) is 88.4 Å². The zero-order chi connectivity index (χ0) is 20.2. The van der Waals surface area contributed by atoms with Crippen LogP contribution in [-0.2, 0) is 11.3 Å². The Morgan fingerprint density at radius 2 is 1.76 bits per heavy atom. The van der Waals surface area contributed by atoms with Gasteiger partial charge in [0.05, 0.1) is 13.2 Å². The van der Waals surface area contributed by atoms with E-state index in [1.165, 1.54) is 70.4 Å². The highest BCUT2D eigenvalue weighted by Gasteiger charge is 2.21. The highest BCUT2D eigenvalue weighted by molar-refractivity contribution is 5.27. The Bertz CT molecular complexity index is 546. The molecule has 0 amide bonds. The molecule has 164 valence electrons. The van der Waals surface area contributed by atoms with Crippen molar-refractivity contribution >= 4 is 0 Å². The monoisotopic (exact) mass is 403 g/mol. The van der Waals surface area contributed by atoms with Crippen LogP contribution in [0.25, 0.3) is 0 Å². The molecule has 29 heavy (non-hydrogen) atoms. The van der Waals surface area contributed by atoms with Gasteiger partial charge in [-0.15, -0.1) is 0 Å². The summed E-state index contributed by atoms with van der Waals surface area (Å²) in [6.45, 7) is 11.0. The van der Waals surface area contributed by atoms with Crippen LogP contribution in [0.1, 0.15) is 44.1 Å². The molecule has 3 rings (SSSR count). The van der Waals surface area contributed by atoms with Gasteiger partial charge in [0, 0.05) is 26.7 Å². The predicted molar refractivity (Wildman–Crippen MR) is 120 cm³/mol. The number of hydrogen-bond acceptors (Lipinski definition) is 5. The Balaban J connectivity index is 1.22. The van der Waals surface area contributed by atoms with Crippen LogP contribution >= 0.6 is 0 Å². The quantitative estimate of drug-likeness (QED) is 0.511. The van der Waals surface area contributed by atoms with Gasteiger partial charge in [-0.1, -0.05) is 18.6 Å². The van der Waals surface area contributed by atoms with Crippen LogP contribution in [0.2, 0.25) is 0 Å². The minimum Gasteiger partial charge on any atom is -0.494 e. The summed E-state index contributed by atoms with van der Waals surface area (Å²) in [5, 5.41) is 3.63. The minimum atomic E-state index is 0.763. The Labute approximate surface area is 177 Å². The van der Waals surface area contributed by atoms with Gasteiger partial charge in [0.1, 0.15) is 5.75 Å². The maximum absolute atomic E-state index is 5.93. The molecule has 0 aliphatic carbocycles. The molecule has 5 nitrogen and oxygen atoms in total. The van der Waals surface area contributed by atoms with Crippen LogP contribution in [0, 0.1) is 5.92 Å². The van der Waals surface area contributed by atoms with E-state index in [0.717, 1.165) is 50.9 Å². The van der Waals surface area contributed by atoms with E-state index in [4.69, 9.17) is 9.47 Å². The first-order valence-electron chi connectivity index (χ1n) is 11.7. The first-order chi connectivity index (χ1) is 14.3. The third-order valence-corrected chi connectivity index (χ3v) is 6.25. The molecular formula is C24H41N3O2. The average Bonchev–Trinajstić information content (AvgIpc) is 3.21. The zero-order valence-electron chi connectivity index (χ0n) is 18.4. The predicted octanol–water partition coefficient (Wildman–Crippen LogP) is 3.39. The number of methoxy groups -OCH3 is 1. The lowest BCUT2D eigenvalue weighted by Crippen LogP contribution is -2.30. The van der Waals surface area contributed by atoms with Crippen LogP contribution < -0.4 is 10.1 Å². The highest BCUT2D eigenvalue weighted by atomic mass is 16.5. The van der Waals surface area contributed by atoms with Crippen molar-refractivity contribution in [3.05, 3.63) is 29.8 Å². The maximum atomic E-state index is 5.93.